The van der Waals surface area contributed by atoms with Crippen molar-refractivity contribution >= 4 is 27.6 Å². The highest BCUT2D eigenvalue weighted by Crippen LogP contribution is 2.23. The molecule has 1 aliphatic rings. The molecule has 1 fully saturated rings. The fourth-order valence-corrected chi connectivity index (χ4v) is 13.9. The SMILES string of the molecule is CC/C=C\C/C=C\C/C=C\CCCCCC[C@@H](O)CN(CCCCC(=O)OCCN1CCN(CCSSCCCCN(CC(O)CCCCCCCCCC)CC(O)CCCCCCCCCC)CC1)C[C@H](O)CCCCCC/C=C\C/C=C\C/C=C\CC. The molecule has 520 valence electrons. The number of rotatable bonds is 67. The van der Waals surface area contributed by atoms with Gasteiger partial charge in [-0.05, 0) is 129 Å². The van der Waals surface area contributed by atoms with Crippen molar-refractivity contribution in [1.82, 2.24) is 19.6 Å². The van der Waals surface area contributed by atoms with Crippen LogP contribution in [-0.2, 0) is 9.53 Å². The average molecular weight is 1290 g/mol. The number of nitrogens with zero attached hydrogens (tertiary/aromatic N) is 4. The first kappa shape index (κ1) is 85.3. The predicted octanol–water partition coefficient (Wildman–Crippen LogP) is 19.0. The lowest BCUT2D eigenvalue weighted by Crippen LogP contribution is -2.47. The minimum atomic E-state index is -0.418. The van der Waals surface area contributed by atoms with Gasteiger partial charge in [-0.15, -0.1) is 0 Å². The molecule has 1 saturated heterocycles. The Morgan fingerprint density at radius 3 is 1.13 bits per heavy atom. The highest BCUT2D eigenvalue weighted by molar-refractivity contribution is 8.76. The van der Waals surface area contributed by atoms with Gasteiger partial charge in [-0.1, -0.05) is 263 Å². The smallest absolute Gasteiger partial charge is 0.305 e. The molecule has 0 bridgehead atoms. The van der Waals surface area contributed by atoms with E-state index in [0.717, 1.165) is 205 Å². The van der Waals surface area contributed by atoms with Crippen molar-refractivity contribution in [1.29, 1.82) is 0 Å². The molecular weight excluding hydrogens is 1140 g/mol. The van der Waals surface area contributed by atoms with Crippen LogP contribution < -0.4 is 0 Å². The number of aliphatic hydroxyl groups is 4. The molecule has 1 heterocycles. The summed E-state index contributed by atoms with van der Waals surface area (Å²) in [7, 11) is 3.98. The summed E-state index contributed by atoms with van der Waals surface area (Å²) in [5.41, 5.74) is 0. The lowest BCUT2D eigenvalue weighted by Gasteiger charge is -2.34. The summed E-state index contributed by atoms with van der Waals surface area (Å²) in [5, 5.41) is 44.4. The van der Waals surface area contributed by atoms with Gasteiger partial charge in [-0.3, -0.25) is 24.4 Å². The zero-order valence-corrected chi connectivity index (χ0v) is 60.2. The fourth-order valence-electron chi connectivity index (χ4n) is 11.7. The van der Waals surface area contributed by atoms with Gasteiger partial charge in [-0.2, -0.15) is 0 Å². The number of carbonyl (C=O) groups is 1. The second-order valence-corrected chi connectivity index (χ2v) is 28.6. The van der Waals surface area contributed by atoms with Crippen molar-refractivity contribution in [2.24, 2.45) is 0 Å². The van der Waals surface area contributed by atoms with Gasteiger partial charge >= 0.3 is 5.97 Å². The fraction of sp³-hybridized carbons (Fsp3) is 0.831. The van der Waals surface area contributed by atoms with E-state index in [1.54, 1.807) is 0 Å². The summed E-state index contributed by atoms with van der Waals surface area (Å²) in [6.45, 7) is 19.5. The molecule has 12 heteroatoms. The zero-order chi connectivity index (χ0) is 64.4. The third-order valence-electron chi connectivity index (χ3n) is 17.3. The average Bonchev–Trinajstić information content (AvgIpc) is 3.61. The summed E-state index contributed by atoms with van der Waals surface area (Å²) in [5.74, 6) is 2.12. The van der Waals surface area contributed by atoms with Gasteiger partial charge < -0.3 is 25.2 Å². The Morgan fingerprint density at radius 2 is 0.730 bits per heavy atom. The molecule has 4 N–H and O–H groups in total. The monoisotopic (exact) mass is 1290 g/mol. The number of esters is 1. The first-order valence-corrected chi connectivity index (χ1v) is 40.1. The van der Waals surface area contributed by atoms with E-state index in [0.29, 0.717) is 39.2 Å². The number of hydrogen-bond donors (Lipinski definition) is 4. The Labute approximate surface area is 558 Å². The van der Waals surface area contributed by atoms with Crippen LogP contribution in [0.4, 0.5) is 0 Å². The maximum Gasteiger partial charge on any atom is 0.305 e. The minimum Gasteiger partial charge on any atom is -0.464 e. The molecule has 1 aliphatic heterocycles. The predicted molar refractivity (Wildman–Crippen MR) is 392 cm³/mol. The van der Waals surface area contributed by atoms with E-state index >= 15 is 0 Å². The van der Waals surface area contributed by atoms with E-state index in [2.05, 4.69) is 120 Å². The van der Waals surface area contributed by atoms with Gasteiger partial charge in [-0.25, -0.2) is 0 Å². The molecule has 0 saturated carbocycles. The lowest BCUT2D eigenvalue weighted by molar-refractivity contribution is -0.144. The first-order valence-electron chi connectivity index (χ1n) is 37.6. The number of aliphatic hydroxyl groups excluding tert-OH is 4. The van der Waals surface area contributed by atoms with Crippen LogP contribution in [0.3, 0.4) is 0 Å². The van der Waals surface area contributed by atoms with Crippen LogP contribution in [0.15, 0.2) is 72.9 Å². The molecule has 89 heavy (non-hydrogen) atoms. The lowest BCUT2D eigenvalue weighted by atomic mass is 10.0. The van der Waals surface area contributed by atoms with Gasteiger partial charge in [0.25, 0.3) is 0 Å². The van der Waals surface area contributed by atoms with Crippen LogP contribution in [0.2, 0.25) is 0 Å². The van der Waals surface area contributed by atoms with Crippen molar-refractivity contribution in [3.63, 3.8) is 0 Å². The molecule has 0 amide bonds. The largest absolute Gasteiger partial charge is 0.464 e. The summed E-state index contributed by atoms with van der Waals surface area (Å²) in [6.07, 6.45) is 71.0. The van der Waals surface area contributed by atoms with E-state index in [9.17, 15) is 25.2 Å². The van der Waals surface area contributed by atoms with Gasteiger partial charge in [0.1, 0.15) is 6.61 Å². The molecule has 0 radical (unpaired) electrons. The maximum atomic E-state index is 12.9. The number of carbonyl (C=O) groups excluding carboxylic acids is 1. The normalized spacial score (nSPS) is 15.3. The Balaban J connectivity index is 2.40. The van der Waals surface area contributed by atoms with Crippen LogP contribution in [0.1, 0.15) is 291 Å². The highest BCUT2D eigenvalue weighted by Gasteiger charge is 2.20. The third kappa shape index (κ3) is 61.0. The van der Waals surface area contributed by atoms with E-state index in [1.165, 1.54) is 116 Å². The molecule has 0 aromatic heterocycles. The maximum absolute atomic E-state index is 12.9. The third-order valence-corrected chi connectivity index (χ3v) is 19.8. The number of unbranched alkanes of at least 4 members (excludes halogenated alkanes) is 24. The topological polar surface area (TPSA) is 120 Å². The summed E-state index contributed by atoms with van der Waals surface area (Å²) >= 11 is 0. The Kier molecular flexibility index (Phi) is 64.9. The number of ether oxygens (including phenoxy) is 1. The molecule has 4 atom stereocenters. The molecule has 0 aromatic rings. The van der Waals surface area contributed by atoms with Crippen LogP contribution >= 0.6 is 21.6 Å². The van der Waals surface area contributed by atoms with Crippen molar-refractivity contribution in [2.75, 3.05) is 96.6 Å². The zero-order valence-electron chi connectivity index (χ0n) is 58.5. The van der Waals surface area contributed by atoms with Crippen molar-refractivity contribution in [2.45, 2.75) is 315 Å². The molecule has 1 rings (SSSR count). The quantitative estimate of drug-likeness (QED) is 0.0201. The Hall–Kier alpha value is -1.71. The highest BCUT2D eigenvalue weighted by atomic mass is 33.1. The van der Waals surface area contributed by atoms with Gasteiger partial charge in [0.2, 0.25) is 0 Å². The molecule has 0 aliphatic carbocycles. The number of hydrogen-bond acceptors (Lipinski definition) is 12. The second-order valence-electron chi connectivity index (χ2n) is 25.9. The summed E-state index contributed by atoms with van der Waals surface area (Å²) < 4.78 is 5.74. The van der Waals surface area contributed by atoms with Crippen molar-refractivity contribution in [3.8, 4) is 0 Å². The number of piperazine rings is 1. The van der Waals surface area contributed by atoms with E-state index in [4.69, 9.17) is 4.74 Å². The molecule has 0 spiro atoms. The van der Waals surface area contributed by atoms with Crippen LogP contribution in [-0.4, -0.2) is 167 Å². The second kappa shape index (κ2) is 67.7. The van der Waals surface area contributed by atoms with Gasteiger partial charge in [0.15, 0.2) is 0 Å². The van der Waals surface area contributed by atoms with Crippen LogP contribution in [0.5, 0.6) is 0 Å². The summed E-state index contributed by atoms with van der Waals surface area (Å²) in [4.78, 5) is 22.5. The van der Waals surface area contributed by atoms with Crippen LogP contribution in [0.25, 0.3) is 0 Å². The van der Waals surface area contributed by atoms with E-state index in [-0.39, 0.29) is 18.2 Å². The standard InChI is InChI=1S/C77H144N4O6S2/c1-5-9-13-17-21-25-27-29-31-33-35-39-43-47-53-73(82)69-80(70-74(83)54-48-44-40-36-34-32-30-28-26-22-18-14-10-6-2)58-50-49-57-77(86)87-66-64-78-60-62-79(63-61-78)65-68-89-88-67-52-51-59-81(71-75(84)55-45-41-37-23-19-15-11-7-3)72-76(85)56-46-42-38-24-20-16-12-8-4/h9-10,13-14,21-22,25-26,29-32,73-76,82-85H,5-8,11-12,15-20,23-24,27-28,33-72H2,1-4H3/b13-9-,14-10-,25-21-,26-22-,31-29-,32-30-/t73-,74-,75?,76?/m1/s1. The number of allylic oxidation sites excluding steroid dienone is 12. The van der Waals surface area contributed by atoms with E-state index < -0.39 is 12.2 Å². The molecule has 10 nitrogen and oxygen atoms in total. The van der Waals surface area contributed by atoms with E-state index in [1.807, 2.05) is 21.6 Å². The Morgan fingerprint density at radius 1 is 0.393 bits per heavy atom. The molecule has 0 aromatic carbocycles. The minimum absolute atomic E-state index is 0.126. The van der Waals surface area contributed by atoms with Gasteiger partial charge in [0, 0.05) is 83.4 Å². The molecule has 2 unspecified atom stereocenters. The van der Waals surface area contributed by atoms with Crippen molar-refractivity contribution in [3.05, 3.63) is 72.9 Å². The Bertz CT molecular complexity index is 1590. The first-order chi connectivity index (χ1) is 43.7. The summed E-state index contributed by atoms with van der Waals surface area (Å²) in [6, 6.07) is 0. The van der Waals surface area contributed by atoms with Crippen LogP contribution in [0, 0.1) is 0 Å². The molecular formula is C77H144N4O6S2. The van der Waals surface area contributed by atoms with Crippen molar-refractivity contribution < 1.29 is 30.0 Å². The van der Waals surface area contributed by atoms with Gasteiger partial charge in [0.05, 0.1) is 24.4 Å².